The third-order valence-corrected chi connectivity index (χ3v) is 3.34. The smallest absolute Gasteiger partial charge is 0.161 e. The van der Waals surface area contributed by atoms with Crippen LogP contribution in [0.5, 0.6) is 11.5 Å². The highest BCUT2D eigenvalue weighted by Gasteiger charge is 2.14. The summed E-state index contributed by atoms with van der Waals surface area (Å²) in [6.45, 7) is 8.56. The molecule has 114 valence electrons. The molecule has 0 saturated heterocycles. The van der Waals surface area contributed by atoms with E-state index >= 15 is 0 Å². The molecule has 1 aromatic carbocycles. The molecule has 0 saturated carbocycles. The minimum Gasteiger partial charge on any atom is -0.493 e. The molecular formula is C16H28N2O2. The normalized spacial score (nSPS) is 12.5. The molecule has 0 heterocycles. The second-order valence-corrected chi connectivity index (χ2v) is 5.22. The fraction of sp³-hybridized carbons (Fsp3) is 0.625. The standard InChI is InChI=1S/C16H28N2O2/c1-5-20-15-7-6-13(11-16(15)19-4)10-14(12(2)3)18-9-8-17/h6-7,11-12,14,18H,5,8-10,17H2,1-4H3. The van der Waals surface area contributed by atoms with Gasteiger partial charge in [-0.3, -0.25) is 0 Å². The first-order valence-corrected chi connectivity index (χ1v) is 7.35. The van der Waals surface area contributed by atoms with Crippen molar-refractivity contribution >= 4 is 0 Å². The van der Waals surface area contributed by atoms with E-state index in [2.05, 4.69) is 31.3 Å². The van der Waals surface area contributed by atoms with Crippen LogP contribution in [0.4, 0.5) is 0 Å². The van der Waals surface area contributed by atoms with Crippen molar-refractivity contribution < 1.29 is 9.47 Å². The Morgan fingerprint density at radius 1 is 1.25 bits per heavy atom. The SMILES string of the molecule is CCOc1ccc(CC(NCCN)C(C)C)cc1OC. The summed E-state index contributed by atoms with van der Waals surface area (Å²) in [5, 5.41) is 3.50. The Bertz CT molecular complexity index is 394. The van der Waals surface area contributed by atoms with Crippen molar-refractivity contribution in [3.63, 3.8) is 0 Å². The van der Waals surface area contributed by atoms with Gasteiger partial charge in [-0.1, -0.05) is 19.9 Å². The molecule has 0 spiro atoms. The molecule has 20 heavy (non-hydrogen) atoms. The monoisotopic (exact) mass is 280 g/mol. The van der Waals surface area contributed by atoms with E-state index < -0.39 is 0 Å². The summed E-state index contributed by atoms with van der Waals surface area (Å²) < 4.78 is 10.9. The van der Waals surface area contributed by atoms with Gasteiger partial charge in [0.2, 0.25) is 0 Å². The van der Waals surface area contributed by atoms with Gasteiger partial charge in [-0.25, -0.2) is 0 Å². The molecule has 1 atom stereocenters. The lowest BCUT2D eigenvalue weighted by atomic mass is 9.96. The Labute approximate surface area is 122 Å². The average Bonchev–Trinajstić information content (AvgIpc) is 2.44. The van der Waals surface area contributed by atoms with Gasteiger partial charge in [0, 0.05) is 19.1 Å². The number of hydrogen-bond donors (Lipinski definition) is 2. The van der Waals surface area contributed by atoms with Crippen LogP contribution in [0.25, 0.3) is 0 Å². The maximum atomic E-state index is 5.57. The van der Waals surface area contributed by atoms with Gasteiger partial charge in [0.15, 0.2) is 11.5 Å². The van der Waals surface area contributed by atoms with Crippen molar-refractivity contribution in [1.29, 1.82) is 0 Å². The molecule has 3 N–H and O–H groups in total. The Hall–Kier alpha value is -1.26. The maximum absolute atomic E-state index is 5.57. The lowest BCUT2D eigenvalue weighted by molar-refractivity contribution is 0.310. The first kappa shape index (κ1) is 16.8. The van der Waals surface area contributed by atoms with E-state index in [0.717, 1.165) is 24.5 Å². The van der Waals surface area contributed by atoms with Crippen molar-refractivity contribution in [1.82, 2.24) is 5.32 Å². The third kappa shape index (κ3) is 5.02. The average molecular weight is 280 g/mol. The number of ether oxygens (including phenoxy) is 2. The molecule has 0 fully saturated rings. The van der Waals surface area contributed by atoms with Crippen LogP contribution < -0.4 is 20.5 Å². The van der Waals surface area contributed by atoms with Gasteiger partial charge in [0.25, 0.3) is 0 Å². The Kier molecular flexibility index (Phi) is 7.41. The van der Waals surface area contributed by atoms with Crippen molar-refractivity contribution in [2.75, 3.05) is 26.8 Å². The van der Waals surface area contributed by atoms with Crippen LogP contribution in [-0.4, -0.2) is 32.8 Å². The largest absolute Gasteiger partial charge is 0.493 e. The van der Waals surface area contributed by atoms with E-state index in [1.807, 2.05) is 13.0 Å². The van der Waals surface area contributed by atoms with Gasteiger partial charge in [-0.05, 0) is 37.0 Å². The molecule has 1 aromatic rings. The van der Waals surface area contributed by atoms with E-state index in [9.17, 15) is 0 Å². The Balaban J connectivity index is 2.79. The van der Waals surface area contributed by atoms with Gasteiger partial charge in [0.05, 0.1) is 13.7 Å². The Morgan fingerprint density at radius 2 is 2.00 bits per heavy atom. The van der Waals surface area contributed by atoms with Crippen LogP contribution in [0.1, 0.15) is 26.3 Å². The lowest BCUT2D eigenvalue weighted by Crippen LogP contribution is -2.38. The van der Waals surface area contributed by atoms with Gasteiger partial charge in [-0.15, -0.1) is 0 Å². The van der Waals surface area contributed by atoms with Crippen molar-refractivity contribution in [3.05, 3.63) is 23.8 Å². The molecule has 0 aromatic heterocycles. The predicted molar refractivity (Wildman–Crippen MR) is 83.6 cm³/mol. The van der Waals surface area contributed by atoms with Gasteiger partial charge in [-0.2, -0.15) is 0 Å². The summed E-state index contributed by atoms with van der Waals surface area (Å²) in [5.41, 5.74) is 6.81. The molecule has 0 bridgehead atoms. The van der Waals surface area contributed by atoms with E-state index in [1.54, 1.807) is 7.11 Å². The molecule has 4 nitrogen and oxygen atoms in total. The highest BCUT2D eigenvalue weighted by atomic mass is 16.5. The summed E-state index contributed by atoms with van der Waals surface area (Å²) in [7, 11) is 1.67. The van der Waals surface area contributed by atoms with Crippen molar-refractivity contribution in [2.45, 2.75) is 33.2 Å². The first-order valence-electron chi connectivity index (χ1n) is 7.35. The second kappa shape index (κ2) is 8.82. The van der Waals surface area contributed by atoms with Crippen LogP contribution in [-0.2, 0) is 6.42 Å². The molecule has 1 rings (SSSR count). The van der Waals surface area contributed by atoms with E-state index in [-0.39, 0.29) is 0 Å². The van der Waals surface area contributed by atoms with Crippen molar-refractivity contribution in [3.8, 4) is 11.5 Å². The van der Waals surface area contributed by atoms with Crippen LogP contribution in [0.15, 0.2) is 18.2 Å². The van der Waals surface area contributed by atoms with Crippen LogP contribution >= 0.6 is 0 Å². The number of benzene rings is 1. The third-order valence-electron chi connectivity index (χ3n) is 3.34. The first-order chi connectivity index (χ1) is 9.62. The molecule has 0 radical (unpaired) electrons. The summed E-state index contributed by atoms with van der Waals surface area (Å²) in [6, 6.07) is 6.57. The molecular weight excluding hydrogens is 252 g/mol. The predicted octanol–water partition coefficient (Wildman–Crippen LogP) is 2.21. The fourth-order valence-electron chi connectivity index (χ4n) is 2.18. The van der Waals surface area contributed by atoms with E-state index in [0.29, 0.717) is 25.1 Å². The quantitative estimate of drug-likeness (QED) is 0.728. The number of nitrogens with two attached hydrogens (primary N) is 1. The summed E-state index contributed by atoms with van der Waals surface area (Å²) in [6.07, 6.45) is 0.959. The number of methoxy groups -OCH3 is 1. The summed E-state index contributed by atoms with van der Waals surface area (Å²) in [5.74, 6) is 2.15. The summed E-state index contributed by atoms with van der Waals surface area (Å²) >= 11 is 0. The minimum atomic E-state index is 0.418. The van der Waals surface area contributed by atoms with Crippen LogP contribution in [0.2, 0.25) is 0 Å². The minimum absolute atomic E-state index is 0.418. The van der Waals surface area contributed by atoms with Crippen LogP contribution in [0, 0.1) is 5.92 Å². The molecule has 0 aliphatic rings. The van der Waals surface area contributed by atoms with Gasteiger partial charge in [0.1, 0.15) is 0 Å². The molecule has 0 aliphatic carbocycles. The molecule has 4 heteroatoms. The zero-order chi connectivity index (χ0) is 15.0. The van der Waals surface area contributed by atoms with Crippen LogP contribution in [0.3, 0.4) is 0 Å². The van der Waals surface area contributed by atoms with E-state index in [1.165, 1.54) is 5.56 Å². The summed E-state index contributed by atoms with van der Waals surface area (Å²) in [4.78, 5) is 0. The highest BCUT2D eigenvalue weighted by molar-refractivity contribution is 5.43. The molecule has 0 aliphatic heterocycles. The number of nitrogens with one attached hydrogen (secondary N) is 1. The topological polar surface area (TPSA) is 56.5 Å². The zero-order valence-corrected chi connectivity index (χ0v) is 13.1. The number of hydrogen-bond acceptors (Lipinski definition) is 4. The van der Waals surface area contributed by atoms with E-state index in [4.69, 9.17) is 15.2 Å². The maximum Gasteiger partial charge on any atom is 0.161 e. The van der Waals surface area contributed by atoms with Gasteiger partial charge < -0.3 is 20.5 Å². The highest BCUT2D eigenvalue weighted by Crippen LogP contribution is 2.28. The van der Waals surface area contributed by atoms with Crippen molar-refractivity contribution in [2.24, 2.45) is 11.7 Å². The lowest BCUT2D eigenvalue weighted by Gasteiger charge is -2.23. The molecule has 1 unspecified atom stereocenters. The number of rotatable bonds is 9. The second-order valence-electron chi connectivity index (χ2n) is 5.22. The van der Waals surface area contributed by atoms with Gasteiger partial charge >= 0.3 is 0 Å². The Morgan fingerprint density at radius 3 is 2.55 bits per heavy atom. The molecule has 0 amide bonds. The fourth-order valence-corrected chi connectivity index (χ4v) is 2.18. The zero-order valence-electron chi connectivity index (χ0n) is 13.1.